The molecule has 1 amide bonds. The number of carbonyl (C=O) groups excluding carboxylic acids is 1. The van der Waals surface area contributed by atoms with Crippen molar-refractivity contribution in [3.05, 3.63) is 29.8 Å². The van der Waals surface area contributed by atoms with Gasteiger partial charge in [-0.25, -0.2) is 0 Å². The predicted molar refractivity (Wildman–Crippen MR) is 86.4 cm³/mol. The van der Waals surface area contributed by atoms with Crippen LogP contribution in [0.2, 0.25) is 0 Å². The van der Waals surface area contributed by atoms with Gasteiger partial charge in [0.1, 0.15) is 0 Å². The van der Waals surface area contributed by atoms with Gasteiger partial charge in [0.25, 0.3) is 5.91 Å². The van der Waals surface area contributed by atoms with E-state index in [1.54, 1.807) is 0 Å². The molecule has 2 nitrogen and oxygen atoms in total. The summed E-state index contributed by atoms with van der Waals surface area (Å²) >= 11 is 4.40. The molecular formula is C17H25NOS. The average Bonchev–Trinajstić information content (AvgIpc) is 2.63. The van der Waals surface area contributed by atoms with Crippen LogP contribution in [0.15, 0.2) is 29.2 Å². The van der Waals surface area contributed by atoms with E-state index >= 15 is 0 Å². The number of benzene rings is 1. The molecule has 1 aliphatic rings. The zero-order valence-electron chi connectivity index (χ0n) is 12.7. The maximum atomic E-state index is 12.6. The molecule has 2 rings (SSSR count). The number of hydrogen-bond donors (Lipinski definition) is 1. The molecule has 3 heteroatoms. The second-order valence-corrected chi connectivity index (χ2v) is 7.29. The Bertz CT molecular complexity index is 478. The third-order valence-electron chi connectivity index (χ3n) is 4.37. The number of thiol groups is 1. The minimum Gasteiger partial charge on any atom is -0.339 e. The van der Waals surface area contributed by atoms with E-state index in [9.17, 15) is 4.79 Å². The normalized spacial score (nSPS) is 20.6. The molecule has 0 bridgehead atoms. The van der Waals surface area contributed by atoms with Crippen molar-refractivity contribution in [2.24, 2.45) is 11.3 Å². The van der Waals surface area contributed by atoms with Crippen LogP contribution in [0.1, 0.15) is 50.4 Å². The van der Waals surface area contributed by atoms with Gasteiger partial charge in [0.15, 0.2) is 0 Å². The lowest BCUT2D eigenvalue weighted by Crippen LogP contribution is -2.32. The van der Waals surface area contributed by atoms with Crippen LogP contribution in [0, 0.1) is 11.3 Å². The van der Waals surface area contributed by atoms with E-state index in [2.05, 4.69) is 33.4 Å². The summed E-state index contributed by atoms with van der Waals surface area (Å²) in [5.74, 6) is 0.830. The minimum atomic E-state index is 0.130. The molecule has 0 N–H and O–H groups in total. The molecule has 1 atom stereocenters. The smallest absolute Gasteiger partial charge is 0.254 e. The lowest BCUT2D eigenvalue weighted by atomic mass is 9.77. The van der Waals surface area contributed by atoms with Crippen molar-refractivity contribution in [2.45, 2.75) is 44.9 Å². The first kappa shape index (κ1) is 15.4. The lowest BCUT2D eigenvalue weighted by molar-refractivity contribution is 0.0752. The molecule has 0 radical (unpaired) electrons. The Kier molecular flexibility index (Phi) is 4.79. The van der Waals surface area contributed by atoms with Crippen LogP contribution in [0.25, 0.3) is 0 Å². The number of amides is 1. The first-order chi connectivity index (χ1) is 9.39. The standard InChI is InChI=1S/C17H25NOS/c1-17(2,3)13-7-6-11-18(12-10-13)16(19)14-8-4-5-9-15(14)20/h4-5,8-9,13,20H,6-7,10-12H2,1-3H3. The van der Waals surface area contributed by atoms with E-state index in [-0.39, 0.29) is 5.91 Å². The number of nitrogens with zero attached hydrogens (tertiary/aromatic N) is 1. The van der Waals surface area contributed by atoms with Crippen molar-refractivity contribution in [1.82, 2.24) is 4.90 Å². The Morgan fingerprint density at radius 2 is 1.90 bits per heavy atom. The molecule has 1 aromatic carbocycles. The van der Waals surface area contributed by atoms with E-state index < -0.39 is 0 Å². The first-order valence-electron chi connectivity index (χ1n) is 7.47. The summed E-state index contributed by atoms with van der Waals surface area (Å²) in [7, 11) is 0. The predicted octanol–water partition coefficient (Wildman–Crippen LogP) is 4.26. The number of likely N-dealkylation sites (tertiary alicyclic amines) is 1. The molecule has 1 unspecified atom stereocenters. The van der Waals surface area contributed by atoms with Gasteiger partial charge in [0.2, 0.25) is 0 Å². The van der Waals surface area contributed by atoms with Gasteiger partial charge >= 0.3 is 0 Å². The minimum absolute atomic E-state index is 0.130. The van der Waals surface area contributed by atoms with Crippen LogP contribution < -0.4 is 0 Å². The van der Waals surface area contributed by atoms with E-state index in [1.807, 2.05) is 29.2 Å². The highest BCUT2D eigenvalue weighted by Gasteiger charge is 2.28. The van der Waals surface area contributed by atoms with Gasteiger partial charge in [-0.3, -0.25) is 4.79 Å². The fraction of sp³-hybridized carbons (Fsp3) is 0.588. The van der Waals surface area contributed by atoms with Gasteiger partial charge in [-0.05, 0) is 42.7 Å². The number of rotatable bonds is 1. The number of hydrogen-bond acceptors (Lipinski definition) is 2. The Morgan fingerprint density at radius 3 is 2.55 bits per heavy atom. The van der Waals surface area contributed by atoms with Crippen molar-refractivity contribution >= 4 is 18.5 Å². The Morgan fingerprint density at radius 1 is 1.20 bits per heavy atom. The molecule has 0 aliphatic carbocycles. The highest BCUT2D eigenvalue weighted by atomic mass is 32.1. The fourth-order valence-electron chi connectivity index (χ4n) is 2.99. The summed E-state index contributed by atoms with van der Waals surface area (Å²) in [5.41, 5.74) is 1.06. The summed E-state index contributed by atoms with van der Waals surface area (Å²) in [4.78, 5) is 15.4. The third kappa shape index (κ3) is 3.57. The fourth-order valence-corrected chi connectivity index (χ4v) is 3.25. The molecule has 20 heavy (non-hydrogen) atoms. The largest absolute Gasteiger partial charge is 0.339 e. The molecular weight excluding hydrogens is 266 g/mol. The maximum Gasteiger partial charge on any atom is 0.254 e. The zero-order chi connectivity index (χ0) is 14.8. The van der Waals surface area contributed by atoms with Gasteiger partial charge in [0, 0.05) is 18.0 Å². The van der Waals surface area contributed by atoms with Crippen LogP contribution in [0.4, 0.5) is 0 Å². The van der Waals surface area contributed by atoms with Gasteiger partial charge in [0.05, 0.1) is 5.56 Å². The molecule has 1 aliphatic heterocycles. The van der Waals surface area contributed by atoms with Crippen LogP contribution in [0.3, 0.4) is 0 Å². The average molecular weight is 291 g/mol. The maximum absolute atomic E-state index is 12.6. The summed E-state index contributed by atoms with van der Waals surface area (Å²) in [5, 5.41) is 0. The second-order valence-electron chi connectivity index (χ2n) is 6.80. The quantitative estimate of drug-likeness (QED) is 0.766. The van der Waals surface area contributed by atoms with Gasteiger partial charge in [-0.2, -0.15) is 0 Å². The summed E-state index contributed by atoms with van der Waals surface area (Å²) < 4.78 is 0. The third-order valence-corrected chi connectivity index (χ3v) is 4.76. The van der Waals surface area contributed by atoms with Gasteiger partial charge in [-0.1, -0.05) is 32.9 Å². The van der Waals surface area contributed by atoms with Crippen LogP contribution >= 0.6 is 12.6 Å². The Balaban J connectivity index is 2.08. The molecule has 1 saturated heterocycles. The van der Waals surface area contributed by atoms with E-state index in [4.69, 9.17) is 0 Å². The Hall–Kier alpha value is -0.960. The van der Waals surface area contributed by atoms with E-state index in [0.717, 1.165) is 36.4 Å². The zero-order valence-corrected chi connectivity index (χ0v) is 13.6. The summed E-state index contributed by atoms with van der Waals surface area (Å²) in [6, 6.07) is 7.57. The molecule has 1 fully saturated rings. The molecule has 0 saturated carbocycles. The van der Waals surface area contributed by atoms with Crippen molar-refractivity contribution in [3.8, 4) is 0 Å². The van der Waals surface area contributed by atoms with Gasteiger partial charge in [-0.15, -0.1) is 12.6 Å². The van der Waals surface area contributed by atoms with E-state index in [1.165, 1.54) is 6.42 Å². The summed E-state index contributed by atoms with van der Waals surface area (Å²) in [6.45, 7) is 8.64. The van der Waals surface area contributed by atoms with E-state index in [0.29, 0.717) is 11.3 Å². The highest BCUT2D eigenvalue weighted by molar-refractivity contribution is 7.80. The second kappa shape index (κ2) is 6.21. The van der Waals surface area contributed by atoms with Crippen LogP contribution in [-0.4, -0.2) is 23.9 Å². The molecule has 110 valence electrons. The summed E-state index contributed by atoms with van der Waals surface area (Å²) in [6.07, 6.45) is 3.42. The van der Waals surface area contributed by atoms with Crippen molar-refractivity contribution < 1.29 is 4.79 Å². The monoisotopic (exact) mass is 291 g/mol. The first-order valence-corrected chi connectivity index (χ1v) is 7.91. The molecule has 0 spiro atoms. The van der Waals surface area contributed by atoms with Crippen LogP contribution in [0.5, 0.6) is 0 Å². The molecule has 1 aromatic rings. The van der Waals surface area contributed by atoms with Crippen molar-refractivity contribution in [1.29, 1.82) is 0 Å². The molecule has 1 heterocycles. The lowest BCUT2D eigenvalue weighted by Gasteiger charge is -2.29. The Labute approximate surface area is 128 Å². The highest BCUT2D eigenvalue weighted by Crippen LogP contribution is 2.34. The number of carbonyl (C=O) groups is 1. The van der Waals surface area contributed by atoms with Crippen LogP contribution in [-0.2, 0) is 0 Å². The van der Waals surface area contributed by atoms with Crippen molar-refractivity contribution in [2.75, 3.05) is 13.1 Å². The van der Waals surface area contributed by atoms with Gasteiger partial charge < -0.3 is 4.90 Å². The molecule has 0 aromatic heterocycles. The topological polar surface area (TPSA) is 20.3 Å². The SMILES string of the molecule is CC(C)(C)C1CCCN(C(=O)c2ccccc2S)CC1. The van der Waals surface area contributed by atoms with Crippen molar-refractivity contribution in [3.63, 3.8) is 0 Å².